The number of aliphatic carboxylic acids is 1. The summed E-state index contributed by atoms with van der Waals surface area (Å²) in [6.07, 6.45) is 1.63. The molecule has 112 valence electrons. The molecule has 0 bridgehead atoms. The number of rotatable bonds is 2. The number of ether oxygens (including phenoxy) is 1. The van der Waals surface area contributed by atoms with Gasteiger partial charge < -0.3 is 9.84 Å². The van der Waals surface area contributed by atoms with E-state index >= 15 is 0 Å². The molecule has 0 aliphatic carbocycles. The number of carbonyl (C=O) groups is 1. The molecule has 1 heterocycles. The van der Waals surface area contributed by atoms with Crippen LogP contribution in [0.4, 0.5) is 0 Å². The molecule has 0 radical (unpaired) electrons. The van der Waals surface area contributed by atoms with E-state index < -0.39 is 11.6 Å². The Kier molecular flexibility index (Phi) is 3.63. The van der Waals surface area contributed by atoms with Crippen molar-refractivity contribution in [3.05, 3.63) is 69.2 Å². The third-order valence-electron chi connectivity index (χ3n) is 3.75. The lowest BCUT2D eigenvalue weighted by atomic mass is 9.84. The lowest BCUT2D eigenvalue weighted by Crippen LogP contribution is -2.37. The quantitative estimate of drug-likeness (QED) is 0.860. The van der Waals surface area contributed by atoms with E-state index in [1.165, 1.54) is 0 Å². The second kappa shape index (κ2) is 5.34. The highest BCUT2D eigenvalue weighted by Gasteiger charge is 2.41. The van der Waals surface area contributed by atoms with E-state index in [0.717, 1.165) is 5.56 Å². The first-order chi connectivity index (χ1) is 10.4. The molecule has 22 heavy (non-hydrogen) atoms. The molecule has 2 aromatic rings. The number of para-hydroxylation sites is 1. The molecule has 0 saturated heterocycles. The van der Waals surface area contributed by atoms with Gasteiger partial charge in [0.05, 0.1) is 15.6 Å². The number of carboxylic acid groups (broad SMARTS) is 1. The molecule has 1 atom stereocenters. The van der Waals surface area contributed by atoms with Crippen LogP contribution in [0.15, 0.2) is 48.0 Å². The minimum Gasteiger partial charge on any atom is -0.478 e. The second-order valence-electron chi connectivity index (χ2n) is 5.17. The van der Waals surface area contributed by atoms with Gasteiger partial charge in [0.2, 0.25) is 0 Å². The number of benzene rings is 2. The first-order valence-corrected chi connectivity index (χ1v) is 7.36. The molecule has 1 aliphatic rings. The van der Waals surface area contributed by atoms with Gasteiger partial charge >= 0.3 is 5.97 Å². The van der Waals surface area contributed by atoms with Gasteiger partial charge in [-0.25, -0.2) is 4.79 Å². The summed E-state index contributed by atoms with van der Waals surface area (Å²) >= 11 is 12.0. The highest BCUT2D eigenvalue weighted by Crippen LogP contribution is 2.43. The second-order valence-corrected chi connectivity index (χ2v) is 5.98. The highest BCUT2D eigenvalue weighted by molar-refractivity contribution is 6.42. The van der Waals surface area contributed by atoms with Crippen LogP contribution in [-0.4, -0.2) is 11.1 Å². The van der Waals surface area contributed by atoms with E-state index in [-0.39, 0.29) is 5.57 Å². The SMILES string of the molecule is CC1(c2ccc(Cl)c(Cl)c2)Oc2ccccc2C=C1C(=O)O. The maximum absolute atomic E-state index is 11.7. The molecular formula is C17H12Cl2O3. The van der Waals surface area contributed by atoms with Crippen molar-refractivity contribution in [2.24, 2.45) is 0 Å². The lowest BCUT2D eigenvalue weighted by molar-refractivity contribution is -0.134. The van der Waals surface area contributed by atoms with Crippen molar-refractivity contribution < 1.29 is 14.6 Å². The average molecular weight is 335 g/mol. The van der Waals surface area contributed by atoms with Crippen LogP contribution in [0.25, 0.3) is 6.08 Å². The van der Waals surface area contributed by atoms with E-state index in [2.05, 4.69) is 0 Å². The number of hydrogen-bond donors (Lipinski definition) is 1. The van der Waals surface area contributed by atoms with E-state index in [4.69, 9.17) is 27.9 Å². The summed E-state index contributed by atoms with van der Waals surface area (Å²) in [7, 11) is 0. The fraction of sp³-hybridized carbons (Fsp3) is 0.118. The Labute approximate surface area is 137 Å². The van der Waals surface area contributed by atoms with E-state index in [9.17, 15) is 9.90 Å². The average Bonchev–Trinajstić information content (AvgIpc) is 2.49. The Balaban J connectivity index is 2.20. The van der Waals surface area contributed by atoms with Crippen LogP contribution in [-0.2, 0) is 10.4 Å². The summed E-state index contributed by atoms with van der Waals surface area (Å²) in [6, 6.07) is 12.3. The number of halogens is 2. The molecule has 1 unspecified atom stereocenters. The maximum atomic E-state index is 11.7. The van der Waals surface area contributed by atoms with Crippen LogP contribution >= 0.6 is 23.2 Å². The predicted octanol–water partition coefficient (Wildman–Crippen LogP) is 4.77. The summed E-state index contributed by atoms with van der Waals surface area (Å²) in [4.78, 5) is 11.7. The van der Waals surface area contributed by atoms with Gasteiger partial charge in [-0.1, -0.05) is 47.5 Å². The summed E-state index contributed by atoms with van der Waals surface area (Å²) in [5, 5.41) is 10.3. The van der Waals surface area contributed by atoms with Crippen molar-refractivity contribution in [1.82, 2.24) is 0 Å². The standard InChI is InChI=1S/C17H12Cl2O3/c1-17(11-6-7-13(18)14(19)9-11)12(16(20)21)8-10-4-2-3-5-15(10)22-17/h2-9H,1H3,(H,20,21). The normalized spacial score (nSPS) is 19.9. The zero-order valence-corrected chi connectivity index (χ0v) is 13.2. The van der Waals surface area contributed by atoms with Crippen molar-refractivity contribution in [2.75, 3.05) is 0 Å². The van der Waals surface area contributed by atoms with Crippen LogP contribution in [0.5, 0.6) is 5.75 Å². The topological polar surface area (TPSA) is 46.5 Å². The molecular weight excluding hydrogens is 323 g/mol. The Morgan fingerprint density at radius 3 is 2.55 bits per heavy atom. The third kappa shape index (κ3) is 2.36. The molecule has 0 spiro atoms. The largest absolute Gasteiger partial charge is 0.478 e. The van der Waals surface area contributed by atoms with Crippen molar-refractivity contribution in [1.29, 1.82) is 0 Å². The van der Waals surface area contributed by atoms with Crippen molar-refractivity contribution >= 4 is 35.2 Å². The molecule has 0 saturated carbocycles. The molecule has 5 heteroatoms. The monoisotopic (exact) mass is 334 g/mol. The van der Waals surface area contributed by atoms with Crippen LogP contribution in [0, 0.1) is 0 Å². The van der Waals surface area contributed by atoms with Gasteiger partial charge in [0.15, 0.2) is 5.60 Å². The van der Waals surface area contributed by atoms with Crippen LogP contribution in [0.1, 0.15) is 18.1 Å². The van der Waals surface area contributed by atoms with Gasteiger partial charge in [-0.05, 0) is 31.2 Å². The summed E-state index contributed by atoms with van der Waals surface area (Å²) < 4.78 is 6.02. The predicted molar refractivity (Wildman–Crippen MR) is 86.5 cm³/mol. The minimum atomic E-state index is -1.14. The van der Waals surface area contributed by atoms with Gasteiger partial charge in [-0.3, -0.25) is 0 Å². The van der Waals surface area contributed by atoms with Crippen molar-refractivity contribution in [3.8, 4) is 5.75 Å². The van der Waals surface area contributed by atoms with Crippen LogP contribution in [0.3, 0.4) is 0 Å². The molecule has 3 nitrogen and oxygen atoms in total. The van der Waals surface area contributed by atoms with Crippen LogP contribution in [0.2, 0.25) is 10.0 Å². The van der Waals surface area contributed by atoms with Gasteiger partial charge in [0.25, 0.3) is 0 Å². The molecule has 2 aromatic carbocycles. The molecule has 3 rings (SSSR count). The minimum absolute atomic E-state index is 0.143. The van der Waals surface area contributed by atoms with Crippen molar-refractivity contribution in [3.63, 3.8) is 0 Å². The number of hydrogen-bond acceptors (Lipinski definition) is 2. The molecule has 0 amide bonds. The zero-order chi connectivity index (χ0) is 15.9. The smallest absolute Gasteiger partial charge is 0.336 e. The van der Waals surface area contributed by atoms with Gasteiger partial charge in [0.1, 0.15) is 5.75 Å². The van der Waals surface area contributed by atoms with Gasteiger partial charge in [0, 0.05) is 11.1 Å². The summed E-state index contributed by atoms with van der Waals surface area (Å²) in [5.74, 6) is -0.413. The Morgan fingerprint density at radius 1 is 1.14 bits per heavy atom. The molecule has 1 aliphatic heterocycles. The lowest BCUT2D eigenvalue weighted by Gasteiger charge is -2.35. The molecule has 1 N–H and O–H groups in total. The maximum Gasteiger partial charge on any atom is 0.336 e. The fourth-order valence-corrected chi connectivity index (χ4v) is 2.83. The molecule has 0 fully saturated rings. The van der Waals surface area contributed by atoms with Crippen molar-refractivity contribution in [2.45, 2.75) is 12.5 Å². The Morgan fingerprint density at radius 2 is 1.86 bits per heavy atom. The zero-order valence-electron chi connectivity index (χ0n) is 11.6. The third-order valence-corrected chi connectivity index (χ3v) is 4.49. The Bertz CT molecular complexity index is 798. The molecule has 0 aromatic heterocycles. The van der Waals surface area contributed by atoms with Gasteiger partial charge in [-0.2, -0.15) is 0 Å². The van der Waals surface area contributed by atoms with E-state index in [0.29, 0.717) is 21.4 Å². The number of fused-ring (bicyclic) bond motifs is 1. The fourth-order valence-electron chi connectivity index (χ4n) is 2.53. The van der Waals surface area contributed by atoms with E-state index in [1.807, 2.05) is 18.2 Å². The van der Waals surface area contributed by atoms with Crippen LogP contribution < -0.4 is 4.74 Å². The first kappa shape index (κ1) is 14.9. The highest BCUT2D eigenvalue weighted by atomic mass is 35.5. The first-order valence-electron chi connectivity index (χ1n) is 6.61. The number of carboxylic acids is 1. The van der Waals surface area contributed by atoms with Gasteiger partial charge in [-0.15, -0.1) is 0 Å². The summed E-state index contributed by atoms with van der Waals surface area (Å²) in [6.45, 7) is 1.71. The van der Waals surface area contributed by atoms with E-state index in [1.54, 1.807) is 37.3 Å². The Hall–Kier alpha value is -1.97. The summed E-state index contributed by atoms with van der Waals surface area (Å²) in [5.41, 5.74) is 0.362.